The Morgan fingerprint density at radius 3 is 2.65 bits per heavy atom. The second-order valence-corrected chi connectivity index (χ2v) is 7.80. The fourth-order valence-electron chi connectivity index (χ4n) is 3.73. The molecule has 3 heteroatoms. The number of benzene rings is 1. The quantitative estimate of drug-likeness (QED) is 0.919. The number of nitrogens with zero attached hydrogens (tertiary/aromatic N) is 2. The third-order valence-electron chi connectivity index (χ3n) is 5.28. The van der Waals surface area contributed by atoms with E-state index in [9.17, 15) is 0 Å². The van der Waals surface area contributed by atoms with Crippen molar-refractivity contribution in [2.45, 2.75) is 46.2 Å². The topological polar surface area (TPSA) is 22.3 Å². The molecule has 2 aromatic rings. The Kier molecular flexibility index (Phi) is 4.79. The lowest BCUT2D eigenvalue weighted by Gasteiger charge is -2.42. The summed E-state index contributed by atoms with van der Waals surface area (Å²) < 4.78 is 0. The van der Waals surface area contributed by atoms with Crippen LogP contribution in [0.5, 0.6) is 0 Å². The molecule has 2 heterocycles. The first-order valence-electron chi connectivity index (χ1n) is 8.98. The van der Waals surface area contributed by atoms with E-state index in [4.69, 9.17) is 0 Å². The van der Waals surface area contributed by atoms with Crippen molar-refractivity contribution >= 4 is 10.9 Å². The largest absolute Gasteiger partial charge is 0.358 e. The van der Waals surface area contributed by atoms with Gasteiger partial charge in [-0.05, 0) is 36.6 Å². The molecule has 1 aromatic heterocycles. The summed E-state index contributed by atoms with van der Waals surface area (Å²) in [6, 6.07) is 9.70. The van der Waals surface area contributed by atoms with Crippen LogP contribution in [0.15, 0.2) is 24.3 Å². The van der Waals surface area contributed by atoms with E-state index in [1.807, 2.05) is 0 Å². The van der Waals surface area contributed by atoms with Crippen LogP contribution in [0.4, 0.5) is 0 Å². The molecule has 1 aromatic carbocycles. The molecule has 1 aliphatic rings. The van der Waals surface area contributed by atoms with E-state index in [-0.39, 0.29) is 0 Å². The summed E-state index contributed by atoms with van der Waals surface area (Å²) in [6.07, 6.45) is 0. The van der Waals surface area contributed by atoms with Crippen LogP contribution in [0.3, 0.4) is 0 Å². The molecule has 1 N–H and O–H groups in total. The molecule has 126 valence electrons. The van der Waals surface area contributed by atoms with E-state index in [0.717, 1.165) is 13.1 Å². The number of aromatic amines is 1. The average Bonchev–Trinajstić information content (AvgIpc) is 2.94. The van der Waals surface area contributed by atoms with Crippen LogP contribution in [0.2, 0.25) is 0 Å². The maximum Gasteiger partial charge on any atom is 0.0459 e. The van der Waals surface area contributed by atoms with E-state index >= 15 is 0 Å². The van der Waals surface area contributed by atoms with Crippen LogP contribution >= 0.6 is 0 Å². The van der Waals surface area contributed by atoms with Crippen molar-refractivity contribution in [3.8, 4) is 0 Å². The molecule has 3 nitrogen and oxygen atoms in total. The van der Waals surface area contributed by atoms with E-state index in [1.54, 1.807) is 0 Å². The minimum absolute atomic E-state index is 0.544. The van der Waals surface area contributed by atoms with Gasteiger partial charge in [0.15, 0.2) is 0 Å². The molecule has 1 atom stereocenters. The molecule has 23 heavy (non-hydrogen) atoms. The highest BCUT2D eigenvalue weighted by atomic mass is 15.3. The molecule has 0 spiro atoms. The summed E-state index contributed by atoms with van der Waals surface area (Å²) in [4.78, 5) is 8.74. The molecule has 1 fully saturated rings. The maximum absolute atomic E-state index is 3.59. The number of aromatic nitrogens is 1. The molecule has 1 aliphatic heterocycles. The van der Waals surface area contributed by atoms with Crippen LogP contribution < -0.4 is 0 Å². The van der Waals surface area contributed by atoms with Gasteiger partial charge in [0.1, 0.15) is 0 Å². The average molecular weight is 313 g/mol. The minimum atomic E-state index is 0.544. The summed E-state index contributed by atoms with van der Waals surface area (Å²) >= 11 is 0. The van der Waals surface area contributed by atoms with Crippen LogP contribution in [0.1, 0.15) is 44.9 Å². The fourth-order valence-corrected chi connectivity index (χ4v) is 3.73. The third kappa shape index (κ3) is 3.46. The van der Waals surface area contributed by atoms with Gasteiger partial charge in [-0.25, -0.2) is 0 Å². The first-order chi connectivity index (χ1) is 11.0. The summed E-state index contributed by atoms with van der Waals surface area (Å²) in [7, 11) is 2.24. The summed E-state index contributed by atoms with van der Waals surface area (Å²) in [5, 5.41) is 1.40. The van der Waals surface area contributed by atoms with Crippen molar-refractivity contribution in [3.63, 3.8) is 0 Å². The molecule has 0 aliphatic carbocycles. The van der Waals surface area contributed by atoms with Crippen LogP contribution in [-0.4, -0.2) is 47.5 Å². The molecule has 0 unspecified atom stereocenters. The Labute approximate surface area is 140 Å². The molecule has 0 radical (unpaired) electrons. The minimum Gasteiger partial charge on any atom is -0.358 e. The van der Waals surface area contributed by atoms with E-state index in [1.165, 1.54) is 35.2 Å². The number of likely N-dealkylation sites (N-methyl/N-ethyl adjacent to an activating group) is 1. The Hall–Kier alpha value is -1.32. The second kappa shape index (κ2) is 6.66. The Morgan fingerprint density at radius 1 is 1.17 bits per heavy atom. The van der Waals surface area contributed by atoms with Gasteiger partial charge < -0.3 is 9.88 Å². The highest BCUT2D eigenvalue weighted by Gasteiger charge is 2.27. The van der Waals surface area contributed by atoms with E-state index in [0.29, 0.717) is 17.9 Å². The zero-order chi connectivity index (χ0) is 16.6. The normalized spacial score (nSPS) is 20.9. The van der Waals surface area contributed by atoms with Gasteiger partial charge in [-0.3, -0.25) is 4.90 Å². The monoisotopic (exact) mass is 313 g/mol. The Morgan fingerprint density at radius 2 is 1.96 bits per heavy atom. The zero-order valence-corrected chi connectivity index (χ0v) is 15.3. The summed E-state index contributed by atoms with van der Waals surface area (Å²) in [5.41, 5.74) is 4.08. The van der Waals surface area contributed by atoms with Crippen molar-refractivity contribution in [1.82, 2.24) is 14.8 Å². The van der Waals surface area contributed by atoms with E-state index in [2.05, 4.69) is 73.8 Å². The van der Waals surface area contributed by atoms with E-state index < -0.39 is 0 Å². The van der Waals surface area contributed by atoms with Crippen molar-refractivity contribution in [2.24, 2.45) is 5.92 Å². The van der Waals surface area contributed by atoms with Gasteiger partial charge in [-0.2, -0.15) is 0 Å². The Bertz CT molecular complexity index is 656. The maximum atomic E-state index is 3.59. The first-order valence-corrected chi connectivity index (χ1v) is 8.98. The van der Waals surface area contributed by atoms with Crippen molar-refractivity contribution in [1.29, 1.82) is 0 Å². The highest BCUT2D eigenvalue weighted by molar-refractivity contribution is 5.84. The zero-order valence-electron chi connectivity index (χ0n) is 15.3. The number of piperazine rings is 1. The standard InChI is InChI=1S/C20H31N3/c1-14(2)19-11-17-16(7-6-8-18(17)21-19)12-23-10-9-22(5)13-20(23)15(3)4/h6-8,11,14-15,20-21H,9-10,12-13H2,1-5H3/t20-/m1/s1. The van der Waals surface area contributed by atoms with Gasteiger partial charge in [0, 0.05) is 48.8 Å². The van der Waals surface area contributed by atoms with Gasteiger partial charge in [0.2, 0.25) is 0 Å². The molecular weight excluding hydrogens is 282 g/mol. The molecule has 0 bridgehead atoms. The van der Waals surface area contributed by atoms with Crippen LogP contribution in [-0.2, 0) is 6.54 Å². The van der Waals surface area contributed by atoms with Crippen LogP contribution in [0.25, 0.3) is 10.9 Å². The lowest BCUT2D eigenvalue weighted by atomic mass is 9.98. The van der Waals surface area contributed by atoms with Crippen LogP contribution in [0, 0.1) is 5.92 Å². The molecule has 0 amide bonds. The Balaban J connectivity index is 1.88. The van der Waals surface area contributed by atoms with Gasteiger partial charge >= 0.3 is 0 Å². The second-order valence-electron chi connectivity index (χ2n) is 7.80. The predicted octanol–water partition coefficient (Wildman–Crippen LogP) is 4.06. The number of nitrogens with one attached hydrogen (secondary N) is 1. The molecule has 1 saturated heterocycles. The molecular formula is C20H31N3. The van der Waals surface area contributed by atoms with Gasteiger partial charge in [-0.1, -0.05) is 39.8 Å². The summed E-state index contributed by atoms with van der Waals surface area (Å²) in [6.45, 7) is 13.8. The number of fused-ring (bicyclic) bond motifs is 1. The lowest BCUT2D eigenvalue weighted by Crippen LogP contribution is -2.53. The number of hydrogen-bond acceptors (Lipinski definition) is 2. The van der Waals surface area contributed by atoms with Gasteiger partial charge in [-0.15, -0.1) is 0 Å². The number of rotatable bonds is 4. The van der Waals surface area contributed by atoms with Crippen molar-refractivity contribution in [3.05, 3.63) is 35.5 Å². The first kappa shape index (κ1) is 16.5. The van der Waals surface area contributed by atoms with Crippen molar-refractivity contribution in [2.75, 3.05) is 26.7 Å². The highest BCUT2D eigenvalue weighted by Crippen LogP contribution is 2.27. The third-order valence-corrected chi connectivity index (χ3v) is 5.28. The SMILES string of the molecule is CC(C)c1cc2c(CN3CCN(C)C[C@@H]3C(C)C)cccc2[nH]1. The van der Waals surface area contributed by atoms with Crippen molar-refractivity contribution < 1.29 is 0 Å². The lowest BCUT2D eigenvalue weighted by molar-refractivity contribution is 0.0574. The predicted molar refractivity (Wildman–Crippen MR) is 98.9 cm³/mol. The summed E-state index contributed by atoms with van der Waals surface area (Å²) in [5.74, 6) is 1.23. The fraction of sp³-hybridized carbons (Fsp3) is 0.600. The number of hydrogen-bond donors (Lipinski definition) is 1. The molecule has 0 saturated carbocycles. The smallest absolute Gasteiger partial charge is 0.0459 e. The van der Waals surface area contributed by atoms with Gasteiger partial charge in [0.05, 0.1) is 0 Å². The van der Waals surface area contributed by atoms with Gasteiger partial charge in [0.25, 0.3) is 0 Å². The number of H-pyrrole nitrogens is 1. The molecule has 3 rings (SSSR count).